The van der Waals surface area contributed by atoms with Crippen LogP contribution in [0.1, 0.15) is 154 Å². The number of nitrogens with one attached hydrogen (secondary N) is 3. The van der Waals surface area contributed by atoms with Gasteiger partial charge in [-0.2, -0.15) is 13.2 Å². The number of rotatable bonds is 11. The number of carbonyl (C=O) groups is 12. The van der Waals surface area contributed by atoms with Gasteiger partial charge in [0.1, 0.15) is 47.8 Å². The lowest BCUT2D eigenvalue weighted by Crippen LogP contribution is -2.65. The number of likely N-dealkylation sites (tertiary alicyclic amines) is 1. The largest absolute Gasteiger partial charge is 0.417 e. The lowest BCUT2D eigenvalue weighted by Gasteiger charge is -2.42. The van der Waals surface area contributed by atoms with Crippen molar-refractivity contribution in [3.8, 4) is 0 Å². The van der Waals surface area contributed by atoms with Crippen LogP contribution in [0.4, 0.5) is 13.2 Å². The van der Waals surface area contributed by atoms with Crippen LogP contribution in [0, 0.1) is 17.8 Å². The van der Waals surface area contributed by atoms with E-state index in [1.807, 2.05) is 0 Å². The molecule has 2 aromatic rings. The first-order valence-corrected chi connectivity index (χ1v) is 36.0. The summed E-state index contributed by atoms with van der Waals surface area (Å²) in [6.45, 7) is 7.33. The summed E-state index contributed by atoms with van der Waals surface area (Å²) < 4.78 is 41.8. The Hall–Kier alpha value is -7.55. The Balaban J connectivity index is 1.46. The quantitative estimate of drug-likeness (QED) is 0.227. The fourth-order valence-corrected chi connectivity index (χ4v) is 14.7. The predicted molar refractivity (Wildman–Crippen MR) is 375 cm³/mol. The monoisotopic (exact) mass is 1460 g/mol. The van der Waals surface area contributed by atoms with Gasteiger partial charge >= 0.3 is 6.18 Å². The average Bonchev–Trinajstić information content (AvgIpc) is 0.990. The zero-order valence-electron chi connectivity index (χ0n) is 60.9. The Morgan fingerprint density at radius 2 is 1.24 bits per heavy atom. The fourth-order valence-electron chi connectivity index (χ4n) is 14.2. The summed E-state index contributed by atoms with van der Waals surface area (Å²) >= 11 is 12.7. The molecular weight excluding hydrogens is 1350 g/mol. The third-order valence-corrected chi connectivity index (χ3v) is 21.5. The molecule has 4 aliphatic rings. The maximum atomic E-state index is 15.6. The van der Waals surface area contributed by atoms with Crippen LogP contribution in [0.2, 0.25) is 10.0 Å². The minimum absolute atomic E-state index is 0.00532. The van der Waals surface area contributed by atoms with Crippen molar-refractivity contribution < 1.29 is 70.7 Å². The number of aryl methyl sites for hydroxylation is 1. The molecule has 101 heavy (non-hydrogen) atoms. The SMILES string of the molecule is CC[C@H](C)[C@@H]1NC(=O)[C@H](C)N(C)C(=O)C[C@@H](C(=O)N2CCCCC2)N(C)C(=O)[C@H](C(C)C)N(C)C(=O)C2(CCCC2)NC(=O)[C@H](Cc2cccc(Cl)c2)N(C)C(=O)[C@H](CCc2ccc(C(F)(F)F)c(Cl)c2)NC(=O)CN(C)C(=O)[C@H](CC2CCCCC2)N(C)C(=O)CN(C)C(=O)CN(C)C1=O. The average molecular weight is 1460 g/mol. The Morgan fingerprint density at radius 3 is 1.83 bits per heavy atom. The van der Waals surface area contributed by atoms with E-state index in [-0.39, 0.29) is 55.0 Å². The molecule has 0 radical (unpaired) electrons. The second-order valence-corrected chi connectivity index (χ2v) is 29.5. The highest BCUT2D eigenvalue weighted by Gasteiger charge is 2.50. The molecule has 12 amide bonds. The molecule has 4 fully saturated rings. The smallest absolute Gasteiger partial charge is 0.343 e. The first kappa shape index (κ1) is 82.4. The number of likely N-dealkylation sites (N-methyl/N-ethyl adjacent to an activating group) is 8. The Labute approximate surface area is 602 Å². The van der Waals surface area contributed by atoms with Gasteiger partial charge < -0.3 is 60.0 Å². The second kappa shape index (κ2) is 36.5. The second-order valence-electron chi connectivity index (χ2n) is 28.7. The molecule has 560 valence electrons. The summed E-state index contributed by atoms with van der Waals surface area (Å²) in [5, 5.41) is 8.22. The van der Waals surface area contributed by atoms with Gasteiger partial charge in [0, 0.05) is 80.9 Å². The fraction of sp³-hybridized carbons (Fsp3) is 0.667. The van der Waals surface area contributed by atoms with Gasteiger partial charge in [0.2, 0.25) is 70.9 Å². The van der Waals surface area contributed by atoms with Crippen LogP contribution >= 0.6 is 23.2 Å². The van der Waals surface area contributed by atoms with Gasteiger partial charge in [-0.25, -0.2) is 0 Å². The summed E-state index contributed by atoms with van der Waals surface area (Å²) in [7, 11) is 11.0. The summed E-state index contributed by atoms with van der Waals surface area (Å²) in [4.78, 5) is 189. The molecule has 6 rings (SSSR count). The van der Waals surface area contributed by atoms with Crippen molar-refractivity contribution in [1.29, 1.82) is 0 Å². The first-order valence-electron chi connectivity index (χ1n) is 35.3. The predicted octanol–water partition coefficient (Wildman–Crippen LogP) is 6.20. The number of halogens is 5. The van der Waals surface area contributed by atoms with E-state index in [9.17, 15) is 51.5 Å². The normalized spacial score (nSPS) is 25.1. The molecule has 2 saturated carbocycles. The summed E-state index contributed by atoms with van der Waals surface area (Å²) in [6, 6.07) is 0.191. The summed E-state index contributed by atoms with van der Waals surface area (Å²) in [6.07, 6.45) is 2.06. The molecule has 0 unspecified atom stereocenters. The number of piperidine rings is 1. The van der Waals surface area contributed by atoms with Crippen molar-refractivity contribution in [2.45, 2.75) is 204 Å². The van der Waals surface area contributed by atoms with Crippen LogP contribution in [-0.4, -0.2) is 252 Å². The molecular formula is C72H105Cl2F3N12O12. The van der Waals surface area contributed by atoms with Crippen molar-refractivity contribution in [2.24, 2.45) is 17.8 Å². The summed E-state index contributed by atoms with van der Waals surface area (Å²) in [5.41, 5.74) is -2.06. The van der Waals surface area contributed by atoms with E-state index in [2.05, 4.69) is 16.0 Å². The van der Waals surface area contributed by atoms with Crippen LogP contribution in [0.15, 0.2) is 42.5 Å². The Kier molecular flexibility index (Phi) is 29.8. The molecule has 2 saturated heterocycles. The van der Waals surface area contributed by atoms with Crippen molar-refractivity contribution in [1.82, 2.24) is 60.0 Å². The lowest BCUT2D eigenvalue weighted by molar-refractivity contribution is -0.156. The van der Waals surface area contributed by atoms with Crippen LogP contribution in [0.5, 0.6) is 0 Å². The standard InChI is InChI=1S/C72H105Cl2F3N12O12/c1-14-45(4)61-68(99)83(8)42-59(92)81(6)43-60(93)85(10)55(38-47-24-17-15-18-25-47)66(97)82(7)41-57(90)78-53(31-29-48-28-30-51(52(74)37-48)72(75,76)77)65(96)86(11)54(39-49-26-23-27-50(73)36-49)64(95)80-71(32-19-20-33-71)70(101)88(13)62(44(2)3)69(100)87(12)56(67(98)89-34-21-16-22-35-89)40-58(91)84(9)46(5)63(94)79-61/h23,26-28,30,36-37,44-47,53-56,61-62H,14-22,24-25,29,31-35,38-43H2,1-13H3,(H,78,90)(H,79,94)(H,80,95)/t45-,46-,53-,54-,55-,56-,61-,62-/m0/s1. The van der Waals surface area contributed by atoms with E-state index in [0.29, 0.717) is 50.8 Å². The van der Waals surface area contributed by atoms with E-state index in [1.165, 1.54) is 79.2 Å². The molecule has 2 aliphatic heterocycles. The zero-order valence-corrected chi connectivity index (χ0v) is 62.4. The van der Waals surface area contributed by atoms with Crippen molar-refractivity contribution in [3.05, 3.63) is 69.2 Å². The molecule has 2 aromatic carbocycles. The third kappa shape index (κ3) is 21.3. The molecule has 24 nitrogen and oxygen atoms in total. The number of hydrogen-bond donors (Lipinski definition) is 3. The van der Waals surface area contributed by atoms with Gasteiger partial charge in [-0.3, -0.25) is 57.5 Å². The Bertz CT molecular complexity index is 3330. The van der Waals surface area contributed by atoms with E-state index >= 15 is 19.2 Å². The summed E-state index contributed by atoms with van der Waals surface area (Å²) in [5.74, 6) is -9.67. The molecule has 0 aromatic heterocycles. The first-order chi connectivity index (χ1) is 47.4. The molecule has 1 spiro atoms. The zero-order chi connectivity index (χ0) is 75.1. The lowest BCUT2D eigenvalue weighted by atomic mass is 9.84. The number of hydrogen-bond acceptors (Lipinski definition) is 12. The van der Waals surface area contributed by atoms with Crippen molar-refractivity contribution in [2.75, 3.05) is 89.1 Å². The molecule has 2 aliphatic carbocycles. The molecule has 0 bridgehead atoms. The number of carbonyl (C=O) groups excluding carboxylic acids is 12. The van der Waals surface area contributed by atoms with E-state index < -0.39 is 173 Å². The van der Waals surface area contributed by atoms with Gasteiger partial charge in [-0.1, -0.05) is 120 Å². The molecule has 8 atom stereocenters. The maximum absolute atomic E-state index is 15.6. The van der Waals surface area contributed by atoms with Crippen LogP contribution in [0.3, 0.4) is 0 Å². The van der Waals surface area contributed by atoms with E-state index in [0.717, 1.165) is 80.1 Å². The van der Waals surface area contributed by atoms with Crippen LogP contribution < -0.4 is 16.0 Å². The van der Waals surface area contributed by atoms with Gasteiger partial charge in [0.25, 0.3) is 0 Å². The van der Waals surface area contributed by atoms with Gasteiger partial charge in [0.05, 0.1) is 36.6 Å². The van der Waals surface area contributed by atoms with Crippen molar-refractivity contribution in [3.63, 3.8) is 0 Å². The Morgan fingerprint density at radius 1 is 0.624 bits per heavy atom. The minimum Gasteiger partial charge on any atom is -0.343 e. The highest BCUT2D eigenvalue weighted by Crippen LogP contribution is 2.37. The van der Waals surface area contributed by atoms with Crippen molar-refractivity contribution >= 4 is 94.1 Å². The number of nitrogens with zero attached hydrogens (tertiary/aromatic N) is 9. The highest BCUT2D eigenvalue weighted by atomic mass is 35.5. The van der Waals surface area contributed by atoms with Gasteiger partial charge in [-0.05, 0) is 111 Å². The minimum atomic E-state index is -4.79. The number of amides is 12. The number of benzene rings is 2. The maximum Gasteiger partial charge on any atom is 0.417 e. The number of alkyl halides is 3. The highest BCUT2D eigenvalue weighted by molar-refractivity contribution is 6.31. The van der Waals surface area contributed by atoms with Crippen LogP contribution in [0.25, 0.3) is 0 Å². The molecule has 2 heterocycles. The van der Waals surface area contributed by atoms with Gasteiger partial charge in [-0.15, -0.1) is 0 Å². The molecule has 3 N–H and O–H groups in total. The van der Waals surface area contributed by atoms with Gasteiger partial charge in [0.15, 0.2) is 0 Å². The van der Waals surface area contributed by atoms with Crippen LogP contribution in [-0.2, 0) is 76.6 Å². The molecule has 29 heteroatoms. The third-order valence-electron chi connectivity index (χ3n) is 21.0. The topological polar surface area (TPSA) is 270 Å². The van der Waals surface area contributed by atoms with E-state index in [1.54, 1.807) is 56.9 Å². The van der Waals surface area contributed by atoms with E-state index in [4.69, 9.17) is 23.2 Å².